The minimum absolute atomic E-state index is 0. The second kappa shape index (κ2) is 7.11. The molecule has 94 valence electrons. The zero-order valence-electron chi connectivity index (χ0n) is 8.63. The van der Waals surface area contributed by atoms with Crippen molar-refractivity contribution in [2.75, 3.05) is 0 Å². The summed E-state index contributed by atoms with van der Waals surface area (Å²) in [5.74, 6) is -1.64. The molecule has 0 aliphatic carbocycles. The molecule has 1 aromatic rings. The van der Waals surface area contributed by atoms with Crippen molar-refractivity contribution in [3.05, 3.63) is 29.3 Å². The minimum Gasteiger partial charge on any atom is -0.480 e. The molecule has 5 nitrogen and oxygen atoms in total. The summed E-state index contributed by atoms with van der Waals surface area (Å²) in [6.07, 6.45) is -0.377. The van der Waals surface area contributed by atoms with Crippen LogP contribution in [0.3, 0.4) is 0 Å². The topological polar surface area (TPSA) is 89.6 Å². The number of hydrogen-bond donors (Lipinski definition) is 2. The molecule has 1 atom stereocenters. The molecule has 0 saturated heterocycles. The molecule has 7 heteroatoms. The van der Waals surface area contributed by atoms with E-state index in [4.69, 9.17) is 27.2 Å². The lowest BCUT2D eigenvalue weighted by Crippen LogP contribution is -2.33. The van der Waals surface area contributed by atoms with E-state index in [1.807, 2.05) is 0 Å². The van der Waals surface area contributed by atoms with Crippen molar-refractivity contribution in [1.82, 2.24) is 0 Å². The number of esters is 1. The van der Waals surface area contributed by atoms with Gasteiger partial charge >= 0.3 is 11.9 Å². The normalized spacial score (nSPS) is 11.2. The Kier molecular flexibility index (Phi) is 6.57. The Hall–Kier alpha value is -1.30. The third-order valence-corrected chi connectivity index (χ3v) is 2.00. The van der Waals surface area contributed by atoms with Crippen LogP contribution >= 0.6 is 24.0 Å². The van der Waals surface area contributed by atoms with Crippen LogP contribution in [0, 0.1) is 0 Å². The predicted octanol–water partition coefficient (Wildman–Crippen LogP) is 1.47. The first kappa shape index (κ1) is 15.7. The van der Waals surface area contributed by atoms with E-state index in [0.717, 1.165) is 0 Å². The van der Waals surface area contributed by atoms with Crippen LogP contribution in [0.25, 0.3) is 0 Å². The highest BCUT2D eigenvalue weighted by molar-refractivity contribution is 6.30. The van der Waals surface area contributed by atoms with Crippen molar-refractivity contribution >= 4 is 35.9 Å². The Labute approximate surface area is 109 Å². The lowest BCUT2D eigenvalue weighted by atomic mass is 10.2. The standard InChI is InChI=1S/C10H10ClNO4.ClH/c11-6-1-3-7(4-2-6)16-9(13)5-8(12)10(14)15;/h1-4,8H,5,12H2,(H,14,15);1H. The van der Waals surface area contributed by atoms with Crippen LogP contribution < -0.4 is 10.5 Å². The quantitative estimate of drug-likeness (QED) is 0.644. The van der Waals surface area contributed by atoms with E-state index in [2.05, 4.69) is 0 Å². The van der Waals surface area contributed by atoms with E-state index in [0.29, 0.717) is 10.8 Å². The molecule has 0 radical (unpaired) electrons. The number of carboxylic acids is 1. The lowest BCUT2D eigenvalue weighted by Gasteiger charge is -2.06. The van der Waals surface area contributed by atoms with Gasteiger partial charge in [0.05, 0.1) is 6.42 Å². The molecule has 0 fully saturated rings. The van der Waals surface area contributed by atoms with Crippen LogP contribution in [-0.2, 0) is 9.59 Å². The van der Waals surface area contributed by atoms with Crippen molar-refractivity contribution < 1.29 is 19.4 Å². The van der Waals surface area contributed by atoms with Gasteiger partial charge in [0.25, 0.3) is 0 Å². The summed E-state index contributed by atoms with van der Waals surface area (Å²) in [6.45, 7) is 0. The molecule has 0 saturated carbocycles. The fourth-order valence-corrected chi connectivity index (χ4v) is 1.07. The summed E-state index contributed by atoms with van der Waals surface area (Å²) in [5.41, 5.74) is 5.17. The van der Waals surface area contributed by atoms with Gasteiger partial charge in [0, 0.05) is 5.02 Å². The number of carbonyl (C=O) groups is 2. The van der Waals surface area contributed by atoms with Crippen LogP contribution in [0.2, 0.25) is 5.02 Å². The Morgan fingerprint density at radius 2 is 1.88 bits per heavy atom. The van der Waals surface area contributed by atoms with Gasteiger partial charge in [0.1, 0.15) is 11.8 Å². The number of benzene rings is 1. The fourth-order valence-electron chi connectivity index (χ4n) is 0.943. The first-order valence-electron chi connectivity index (χ1n) is 4.43. The Balaban J connectivity index is 0.00000256. The molecule has 0 aliphatic heterocycles. The second-order valence-corrected chi connectivity index (χ2v) is 3.51. The summed E-state index contributed by atoms with van der Waals surface area (Å²) in [7, 11) is 0. The molecule has 0 heterocycles. The Bertz CT molecular complexity index is 394. The molecule has 17 heavy (non-hydrogen) atoms. The third-order valence-electron chi connectivity index (χ3n) is 1.75. The van der Waals surface area contributed by atoms with Gasteiger partial charge in [-0.25, -0.2) is 0 Å². The summed E-state index contributed by atoms with van der Waals surface area (Å²) >= 11 is 5.64. The van der Waals surface area contributed by atoms with E-state index in [-0.39, 0.29) is 18.8 Å². The average molecular weight is 280 g/mol. The summed E-state index contributed by atoms with van der Waals surface area (Å²) in [4.78, 5) is 21.6. The molecular weight excluding hydrogens is 269 g/mol. The molecule has 0 spiro atoms. The number of carboxylic acid groups (broad SMARTS) is 1. The van der Waals surface area contributed by atoms with Gasteiger partial charge in [-0.1, -0.05) is 11.6 Å². The van der Waals surface area contributed by atoms with Gasteiger partial charge in [-0.15, -0.1) is 12.4 Å². The van der Waals surface area contributed by atoms with Crippen LogP contribution in [0.5, 0.6) is 5.75 Å². The fraction of sp³-hybridized carbons (Fsp3) is 0.200. The highest BCUT2D eigenvalue weighted by atomic mass is 35.5. The summed E-state index contributed by atoms with van der Waals surface area (Å²) in [5, 5.41) is 9.00. The lowest BCUT2D eigenvalue weighted by molar-refractivity contribution is -0.143. The molecule has 1 rings (SSSR count). The Morgan fingerprint density at radius 3 is 2.35 bits per heavy atom. The Morgan fingerprint density at radius 1 is 1.35 bits per heavy atom. The number of halogens is 2. The maximum atomic E-state index is 11.2. The van der Waals surface area contributed by atoms with Crippen molar-refractivity contribution in [3.63, 3.8) is 0 Å². The molecule has 0 amide bonds. The predicted molar refractivity (Wildman–Crippen MR) is 64.6 cm³/mol. The van der Waals surface area contributed by atoms with E-state index in [1.54, 1.807) is 12.1 Å². The van der Waals surface area contributed by atoms with Crippen molar-refractivity contribution in [3.8, 4) is 5.75 Å². The van der Waals surface area contributed by atoms with E-state index < -0.39 is 18.0 Å². The van der Waals surface area contributed by atoms with Crippen LogP contribution in [-0.4, -0.2) is 23.1 Å². The molecule has 0 bridgehead atoms. The summed E-state index contributed by atoms with van der Waals surface area (Å²) < 4.78 is 4.85. The molecule has 1 aromatic carbocycles. The minimum atomic E-state index is -1.25. The SMILES string of the molecule is Cl.NC(CC(=O)Oc1ccc(Cl)cc1)C(=O)O. The van der Waals surface area contributed by atoms with Gasteiger partial charge in [-0.2, -0.15) is 0 Å². The molecule has 0 aliphatic rings. The average Bonchev–Trinajstić information content (AvgIpc) is 2.21. The highest BCUT2D eigenvalue weighted by Gasteiger charge is 2.17. The smallest absolute Gasteiger partial charge is 0.321 e. The van der Waals surface area contributed by atoms with Gasteiger partial charge in [0.15, 0.2) is 0 Å². The second-order valence-electron chi connectivity index (χ2n) is 3.08. The van der Waals surface area contributed by atoms with Gasteiger partial charge in [0.2, 0.25) is 0 Å². The van der Waals surface area contributed by atoms with Crippen LogP contribution in [0.4, 0.5) is 0 Å². The number of ether oxygens (including phenoxy) is 1. The van der Waals surface area contributed by atoms with E-state index in [9.17, 15) is 9.59 Å². The van der Waals surface area contributed by atoms with Gasteiger partial charge in [-0.3, -0.25) is 9.59 Å². The highest BCUT2D eigenvalue weighted by Crippen LogP contribution is 2.16. The largest absolute Gasteiger partial charge is 0.480 e. The van der Waals surface area contributed by atoms with Crippen molar-refractivity contribution in [2.45, 2.75) is 12.5 Å². The third kappa shape index (κ3) is 5.53. The first-order valence-corrected chi connectivity index (χ1v) is 4.81. The molecule has 3 N–H and O–H groups in total. The first-order chi connectivity index (χ1) is 7.49. The van der Waals surface area contributed by atoms with Crippen LogP contribution in [0.1, 0.15) is 6.42 Å². The van der Waals surface area contributed by atoms with E-state index in [1.165, 1.54) is 12.1 Å². The molecule has 0 aromatic heterocycles. The summed E-state index contributed by atoms with van der Waals surface area (Å²) in [6, 6.07) is 4.88. The van der Waals surface area contributed by atoms with Crippen LogP contribution in [0.15, 0.2) is 24.3 Å². The number of nitrogens with two attached hydrogens (primary N) is 1. The number of hydrogen-bond acceptors (Lipinski definition) is 4. The van der Waals surface area contributed by atoms with Crippen molar-refractivity contribution in [2.24, 2.45) is 5.73 Å². The van der Waals surface area contributed by atoms with Crippen molar-refractivity contribution in [1.29, 1.82) is 0 Å². The molecular formula is C10H11Cl2NO4. The van der Waals surface area contributed by atoms with Gasteiger partial charge < -0.3 is 15.6 Å². The monoisotopic (exact) mass is 279 g/mol. The zero-order valence-corrected chi connectivity index (χ0v) is 10.2. The number of aliphatic carboxylic acids is 1. The maximum Gasteiger partial charge on any atom is 0.321 e. The molecule has 1 unspecified atom stereocenters. The zero-order chi connectivity index (χ0) is 12.1. The number of carbonyl (C=O) groups excluding carboxylic acids is 1. The van der Waals surface area contributed by atoms with Gasteiger partial charge in [-0.05, 0) is 24.3 Å². The van der Waals surface area contributed by atoms with E-state index >= 15 is 0 Å². The number of rotatable bonds is 4. The maximum absolute atomic E-state index is 11.2.